The lowest BCUT2D eigenvalue weighted by Gasteiger charge is -2.33. The predicted molar refractivity (Wildman–Crippen MR) is 104 cm³/mol. The Morgan fingerprint density at radius 2 is 1.71 bits per heavy atom. The van der Waals surface area contributed by atoms with Crippen LogP contribution in [0.3, 0.4) is 0 Å². The normalized spacial score (nSPS) is 20.2. The fraction of sp³-hybridized carbons (Fsp3) is 0.550. The van der Waals surface area contributed by atoms with Gasteiger partial charge in [0.25, 0.3) is 11.8 Å². The van der Waals surface area contributed by atoms with Gasteiger partial charge in [0, 0.05) is 44.8 Å². The van der Waals surface area contributed by atoms with Crippen LogP contribution in [0.4, 0.5) is 5.69 Å². The Morgan fingerprint density at radius 3 is 2.43 bits per heavy atom. The van der Waals surface area contributed by atoms with E-state index in [4.69, 9.17) is 4.74 Å². The molecule has 3 aliphatic heterocycles. The Hall–Kier alpha value is -2.61. The van der Waals surface area contributed by atoms with Gasteiger partial charge in [-0.3, -0.25) is 19.3 Å². The van der Waals surface area contributed by atoms with E-state index in [9.17, 15) is 14.4 Å². The summed E-state index contributed by atoms with van der Waals surface area (Å²) in [6, 6.07) is 5.14. The maximum atomic E-state index is 12.9. The van der Waals surface area contributed by atoms with Crippen molar-refractivity contribution < 1.29 is 19.1 Å². The molecular formula is C20H26N4O4. The first kappa shape index (κ1) is 18.7. The number of hydrogen-bond acceptors (Lipinski definition) is 5. The van der Waals surface area contributed by atoms with Gasteiger partial charge in [0.05, 0.1) is 5.69 Å². The van der Waals surface area contributed by atoms with Crippen molar-refractivity contribution in [1.29, 1.82) is 0 Å². The number of piperazine rings is 1. The summed E-state index contributed by atoms with van der Waals surface area (Å²) in [6.07, 6.45) is 2.01. The molecule has 0 saturated carbocycles. The minimum absolute atomic E-state index is 0.0126. The number of carbonyl (C=O) groups is 3. The lowest BCUT2D eigenvalue weighted by Crippen LogP contribution is -2.47. The Kier molecular flexibility index (Phi) is 5.21. The molecule has 0 atom stereocenters. The first-order valence-corrected chi connectivity index (χ1v) is 9.86. The van der Waals surface area contributed by atoms with Crippen molar-refractivity contribution in [3.05, 3.63) is 23.8 Å². The van der Waals surface area contributed by atoms with Gasteiger partial charge in [-0.1, -0.05) is 0 Å². The highest BCUT2D eigenvalue weighted by atomic mass is 16.5. The van der Waals surface area contributed by atoms with Crippen LogP contribution in [-0.4, -0.2) is 91.9 Å². The molecule has 1 aromatic rings. The molecule has 0 unspecified atom stereocenters. The molecule has 28 heavy (non-hydrogen) atoms. The molecule has 8 heteroatoms. The van der Waals surface area contributed by atoms with Crippen LogP contribution in [0.15, 0.2) is 18.2 Å². The monoisotopic (exact) mass is 386 g/mol. The Bertz CT molecular complexity index is 782. The summed E-state index contributed by atoms with van der Waals surface area (Å²) in [5, 5.41) is 0. The van der Waals surface area contributed by atoms with Crippen LogP contribution in [0, 0.1) is 0 Å². The number of rotatable bonds is 3. The third-order valence-electron chi connectivity index (χ3n) is 5.69. The van der Waals surface area contributed by atoms with E-state index >= 15 is 0 Å². The average Bonchev–Trinajstić information content (AvgIpc) is 3.25. The number of benzene rings is 1. The summed E-state index contributed by atoms with van der Waals surface area (Å²) >= 11 is 0. The van der Waals surface area contributed by atoms with Crippen molar-refractivity contribution in [2.45, 2.75) is 12.8 Å². The van der Waals surface area contributed by atoms with E-state index in [0.29, 0.717) is 30.1 Å². The molecule has 0 spiro atoms. The van der Waals surface area contributed by atoms with Gasteiger partial charge in [0.2, 0.25) is 5.91 Å². The average molecular weight is 386 g/mol. The summed E-state index contributed by atoms with van der Waals surface area (Å²) in [5.41, 5.74) is 1.02. The zero-order chi connectivity index (χ0) is 19.7. The first-order valence-electron chi connectivity index (χ1n) is 9.86. The number of hydrogen-bond donors (Lipinski definition) is 0. The Labute approximate surface area is 164 Å². The van der Waals surface area contributed by atoms with Crippen molar-refractivity contribution in [2.24, 2.45) is 0 Å². The molecule has 150 valence electrons. The van der Waals surface area contributed by atoms with Crippen molar-refractivity contribution in [3.63, 3.8) is 0 Å². The molecule has 3 aliphatic rings. The van der Waals surface area contributed by atoms with E-state index in [1.165, 1.54) is 4.90 Å². The highest BCUT2D eigenvalue weighted by Crippen LogP contribution is 2.33. The maximum Gasteiger partial charge on any atom is 0.265 e. The zero-order valence-electron chi connectivity index (χ0n) is 16.2. The maximum absolute atomic E-state index is 12.9. The van der Waals surface area contributed by atoms with E-state index in [2.05, 4.69) is 4.90 Å². The smallest absolute Gasteiger partial charge is 0.265 e. The molecular weight excluding hydrogens is 360 g/mol. The molecule has 3 heterocycles. The van der Waals surface area contributed by atoms with E-state index in [1.54, 1.807) is 23.1 Å². The highest BCUT2D eigenvalue weighted by molar-refractivity contribution is 6.04. The Balaban J connectivity index is 1.55. The first-order chi connectivity index (χ1) is 13.5. The van der Waals surface area contributed by atoms with E-state index in [1.807, 2.05) is 11.9 Å². The Morgan fingerprint density at radius 1 is 1.00 bits per heavy atom. The van der Waals surface area contributed by atoms with Gasteiger partial charge in [-0.2, -0.15) is 0 Å². The summed E-state index contributed by atoms with van der Waals surface area (Å²) in [4.78, 5) is 45.2. The van der Waals surface area contributed by atoms with E-state index < -0.39 is 0 Å². The van der Waals surface area contributed by atoms with Crippen molar-refractivity contribution >= 4 is 23.4 Å². The van der Waals surface area contributed by atoms with E-state index in [0.717, 1.165) is 39.0 Å². The summed E-state index contributed by atoms with van der Waals surface area (Å²) in [5.74, 6) is 0.155. The van der Waals surface area contributed by atoms with Crippen LogP contribution in [0.5, 0.6) is 5.75 Å². The predicted octanol–water partition coefficient (Wildman–Crippen LogP) is 0.422. The van der Waals surface area contributed by atoms with E-state index in [-0.39, 0.29) is 30.9 Å². The number of carbonyl (C=O) groups excluding carboxylic acids is 3. The highest BCUT2D eigenvalue weighted by Gasteiger charge is 2.31. The van der Waals surface area contributed by atoms with Crippen LogP contribution in [0.1, 0.15) is 23.2 Å². The van der Waals surface area contributed by atoms with Crippen molar-refractivity contribution in [3.8, 4) is 5.75 Å². The van der Waals surface area contributed by atoms with Gasteiger partial charge in [-0.15, -0.1) is 0 Å². The molecule has 2 saturated heterocycles. The molecule has 4 rings (SSSR count). The van der Waals surface area contributed by atoms with Crippen LogP contribution >= 0.6 is 0 Å². The number of ether oxygens (including phenoxy) is 1. The lowest BCUT2D eigenvalue weighted by molar-refractivity contribution is -0.131. The second-order valence-electron chi connectivity index (χ2n) is 7.63. The molecule has 0 radical (unpaired) electrons. The largest absolute Gasteiger partial charge is 0.482 e. The molecule has 0 aromatic heterocycles. The molecule has 8 nitrogen and oxygen atoms in total. The lowest BCUT2D eigenvalue weighted by atomic mass is 10.1. The van der Waals surface area contributed by atoms with Gasteiger partial charge in [0.15, 0.2) is 6.61 Å². The van der Waals surface area contributed by atoms with Crippen molar-refractivity contribution in [2.75, 3.05) is 64.4 Å². The minimum Gasteiger partial charge on any atom is -0.482 e. The van der Waals surface area contributed by atoms with Gasteiger partial charge in [-0.25, -0.2) is 0 Å². The number of amides is 3. The van der Waals surface area contributed by atoms with Crippen molar-refractivity contribution in [1.82, 2.24) is 14.7 Å². The summed E-state index contributed by atoms with van der Waals surface area (Å²) < 4.78 is 5.52. The standard InChI is InChI=1S/C20H26N4O4/c1-21-8-10-23(11-9-21)20(27)15-4-5-17-16(12-15)24(19(26)14-28-17)13-18(25)22-6-2-3-7-22/h4-5,12H,2-3,6-11,13-14H2,1H3. The fourth-order valence-electron chi connectivity index (χ4n) is 3.90. The fourth-order valence-corrected chi connectivity index (χ4v) is 3.90. The number of fused-ring (bicyclic) bond motifs is 1. The van der Waals surface area contributed by atoms with Crippen LogP contribution < -0.4 is 9.64 Å². The minimum atomic E-state index is -0.260. The SMILES string of the molecule is CN1CCN(C(=O)c2ccc3c(c2)N(CC(=O)N2CCCC2)C(=O)CO3)CC1. The number of nitrogens with zero attached hydrogens (tertiary/aromatic N) is 4. The molecule has 0 aliphatic carbocycles. The van der Waals surface area contributed by atoms with Crippen LogP contribution in [-0.2, 0) is 9.59 Å². The molecule has 0 N–H and O–H groups in total. The molecule has 1 aromatic carbocycles. The molecule has 3 amide bonds. The summed E-state index contributed by atoms with van der Waals surface area (Å²) in [6.45, 7) is 4.42. The summed E-state index contributed by atoms with van der Waals surface area (Å²) in [7, 11) is 2.04. The van der Waals surface area contributed by atoms with Gasteiger partial charge >= 0.3 is 0 Å². The zero-order valence-corrected chi connectivity index (χ0v) is 16.2. The third-order valence-corrected chi connectivity index (χ3v) is 5.69. The van der Waals surface area contributed by atoms with Gasteiger partial charge in [-0.05, 0) is 38.1 Å². The number of likely N-dealkylation sites (tertiary alicyclic amines) is 1. The quantitative estimate of drug-likeness (QED) is 0.753. The van der Waals surface area contributed by atoms with Crippen LogP contribution in [0.2, 0.25) is 0 Å². The topological polar surface area (TPSA) is 73.4 Å². The number of likely N-dealkylation sites (N-methyl/N-ethyl adjacent to an activating group) is 1. The second-order valence-corrected chi connectivity index (χ2v) is 7.63. The second kappa shape index (κ2) is 7.79. The number of anilines is 1. The van der Waals surface area contributed by atoms with Crippen LogP contribution in [0.25, 0.3) is 0 Å². The third kappa shape index (κ3) is 3.69. The molecule has 2 fully saturated rings. The van der Waals surface area contributed by atoms with Gasteiger partial charge < -0.3 is 19.4 Å². The molecule has 0 bridgehead atoms. The van der Waals surface area contributed by atoms with Gasteiger partial charge in [0.1, 0.15) is 12.3 Å².